The molecule has 0 aliphatic rings. The number of nitrogens with one attached hydrogen (secondary N) is 1. The predicted molar refractivity (Wildman–Crippen MR) is 118 cm³/mol. The Labute approximate surface area is 180 Å². The molecule has 6 heteroatoms. The molecule has 6 nitrogen and oxygen atoms in total. The summed E-state index contributed by atoms with van der Waals surface area (Å²) in [5.41, 5.74) is 2.72. The molecule has 0 spiro atoms. The van der Waals surface area contributed by atoms with Crippen LogP contribution in [0.3, 0.4) is 0 Å². The minimum atomic E-state index is -1.02. The second-order valence-corrected chi connectivity index (χ2v) is 7.01. The van der Waals surface area contributed by atoms with E-state index in [2.05, 4.69) is 5.32 Å². The number of amides is 1. The minimum absolute atomic E-state index is 0.139. The standard InChI is InChI=1S/C25H23NO5/c1-16-9-14-22(30-3)21(15-16)26-24(28)17(2)31-25(29)20-12-10-19(11-13-20)23(27)18-7-5-4-6-8-18/h4-15,17H,1-3H3,(H,26,28)/t17-/m0/s1. The van der Waals surface area contributed by atoms with Gasteiger partial charge in [-0.25, -0.2) is 4.79 Å². The molecule has 1 N–H and O–H groups in total. The number of carbonyl (C=O) groups excluding carboxylic acids is 3. The normalized spacial score (nSPS) is 11.3. The smallest absolute Gasteiger partial charge is 0.338 e. The van der Waals surface area contributed by atoms with Crippen LogP contribution in [0.25, 0.3) is 0 Å². The molecule has 0 unspecified atom stereocenters. The quantitative estimate of drug-likeness (QED) is 0.455. The molecule has 3 aromatic rings. The Morgan fingerprint density at radius 3 is 2.10 bits per heavy atom. The average Bonchev–Trinajstić information content (AvgIpc) is 2.79. The molecule has 1 amide bonds. The van der Waals surface area contributed by atoms with E-state index in [1.165, 1.54) is 26.2 Å². The molecule has 0 aliphatic carbocycles. The van der Waals surface area contributed by atoms with E-state index in [4.69, 9.17) is 9.47 Å². The Morgan fingerprint density at radius 2 is 1.45 bits per heavy atom. The summed E-state index contributed by atoms with van der Waals surface area (Å²) < 4.78 is 10.5. The molecule has 0 saturated carbocycles. The fourth-order valence-corrected chi connectivity index (χ4v) is 2.95. The van der Waals surface area contributed by atoms with E-state index >= 15 is 0 Å². The van der Waals surface area contributed by atoms with E-state index in [1.807, 2.05) is 19.1 Å². The molecule has 0 heterocycles. The van der Waals surface area contributed by atoms with Gasteiger partial charge in [-0.3, -0.25) is 9.59 Å². The Kier molecular flexibility index (Phi) is 6.82. The van der Waals surface area contributed by atoms with E-state index in [1.54, 1.807) is 48.5 Å². The van der Waals surface area contributed by atoms with Gasteiger partial charge < -0.3 is 14.8 Å². The molecule has 0 saturated heterocycles. The van der Waals surface area contributed by atoms with Gasteiger partial charge >= 0.3 is 5.97 Å². The second-order valence-electron chi connectivity index (χ2n) is 7.01. The Balaban J connectivity index is 1.63. The van der Waals surface area contributed by atoms with E-state index in [9.17, 15) is 14.4 Å². The van der Waals surface area contributed by atoms with Crippen LogP contribution in [0.2, 0.25) is 0 Å². The van der Waals surface area contributed by atoms with E-state index < -0.39 is 18.0 Å². The number of ketones is 1. The first-order chi connectivity index (χ1) is 14.9. The van der Waals surface area contributed by atoms with Crippen LogP contribution in [0.1, 0.15) is 38.8 Å². The molecule has 0 fully saturated rings. The molecule has 0 aromatic heterocycles. The number of anilines is 1. The van der Waals surface area contributed by atoms with Gasteiger partial charge in [0.1, 0.15) is 5.75 Å². The summed E-state index contributed by atoms with van der Waals surface area (Å²) in [4.78, 5) is 37.4. The third-order valence-corrected chi connectivity index (χ3v) is 4.68. The summed E-state index contributed by atoms with van der Waals surface area (Å²) >= 11 is 0. The highest BCUT2D eigenvalue weighted by Crippen LogP contribution is 2.25. The van der Waals surface area contributed by atoms with Crippen LogP contribution in [0, 0.1) is 6.92 Å². The Hall–Kier alpha value is -3.93. The average molecular weight is 417 g/mol. The van der Waals surface area contributed by atoms with Crippen molar-refractivity contribution in [2.45, 2.75) is 20.0 Å². The zero-order chi connectivity index (χ0) is 22.4. The number of benzene rings is 3. The fourth-order valence-electron chi connectivity index (χ4n) is 2.95. The zero-order valence-electron chi connectivity index (χ0n) is 17.5. The van der Waals surface area contributed by atoms with E-state index in [0.29, 0.717) is 22.6 Å². The van der Waals surface area contributed by atoms with E-state index in [-0.39, 0.29) is 11.3 Å². The number of esters is 1. The van der Waals surface area contributed by atoms with Gasteiger partial charge in [-0.2, -0.15) is 0 Å². The zero-order valence-corrected chi connectivity index (χ0v) is 17.5. The number of hydrogen-bond acceptors (Lipinski definition) is 5. The van der Waals surface area contributed by atoms with Gasteiger partial charge in [0.25, 0.3) is 5.91 Å². The summed E-state index contributed by atoms with van der Waals surface area (Å²) in [6.45, 7) is 3.38. The third-order valence-electron chi connectivity index (χ3n) is 4.68. The predicted octanol–water partition coefficient (Wildman–Crippen LogP) is 4.42. The van der Waals surface area contributed by atoms with Gasteiger partial charge in [0, 0.05) is 11.1 Å². The SMILES string of the molecule is COc1ccc(C)cc1NC(=O)[C@H](C)OC(=O)c1ccc(C(=O)c2ccccc2)cc1. The van der Waals surface area contributed by atoms with Gasteiger partial charge in [-0.1, -0.05) is 48.5 Å². The fraction of sp³-hybridized carbons (Fsp3) is 0.160. The van der Waals surface area contributed by atoms with Crippen molar-refractivity contribution in [1.29, 1.82) is 0 Å². The molecule has 0 radical (unpaired) electrons. The van der Waals surface area contributed by atoms with Crippen molar-refractivity contribution in [1.82, 2.24) is 0 Å². The maximum atomic E-state index is 12.5. The largest absolute Gasteiger partial charge is 0.495 e. The lowest BCUT2D eigenvalue weighted by molar-refractivity contribution is -0.123. The van der Waals surface area contributed by atoms with Crippen LogP contribution in [-0.4, -0.2) is 30.9 Å². The number of ether oxygens (including phenoxy) is 2. The van der Waals surface area contributed by atoms with Gasteiger partial charge in [0.15, 0.2) is 11.9 Å². The van der Waals surface area contributed by atoms with Crippen LogP contribution in [-0.2, 0) is 9.53 Å². The van der Waals surface area contributed by atoms with Crippen LogP contribution in [0.4, 0.5) is 5.69 Å². The van der Waals surface area contributed by atoms with Crippen LogP contribution in [0.5, 0.6) is 5.75 Å². The summed E-state index contributed by atoms with van der Waals surface area (Å²) in [6, 6.07) is 20.4. The summed E-state index contributed by atoms with van der Waals surface area (Å²) in [5.74, 6) is -0.762. The van der Waals surface area contributed by atoms with Gasteiger partial charge in [-0.05, 0) is 43.7 Å². The van der Waals surface area contributed by atoms with Crippen molar-refractivity contribution in [2.24, 2.45) is 0 Å². The first-order valence-corrected chi connectivity index (χ1v) is 9.75. The number of hydrogen-bond donors (Lipinski definition) is 1. The molecule has 3 aromatic carbocycles. The first-order valence-electron chi connectivity index (χ1n) is 9.75. The summed E-state index contributed by atoms with van der Waals surface area (Å²) in [7, 11) is 1.51. The van der Waals surface area contributed by atoms with Crippen molar-refractivity contribution in [3.8, 4) is 5.75 Å². The lowest BCUT2D eigenvalue weighted by atomic mass is 10.0. The van der Waals surface area contributed by atoms with Crippen molar-refractivity contribution in [2.75, 3.05) is 12.4 Å². The number of rotatable bonds is 7. The van der Waals surface area contributed by atoms with Gasteiger partial charge in [0.2, 0.25) is 0 Å². The first kappa shape index (κ1) is 21.8. The number of carbonyl (C=O) groups is 3. The molecule has 31 heavy (non-hydrogen) atoms. The van der Waals surface area contributed by atoms with Crippen LogP contribution < -0.4 is 10.1 Å². The molecule has 158 valence electrons. The minimum Gasteiger partial charge on any atom is -0.495 e. The molecule has 3 rings (SSSR count). The third kappa shape index (κ3) is 5.36. The summed E-state index contributed by atoms with van der Waals surface area (Å²) in [5, 5.41) is 2.72. The molecule has 0 aliphatic heterocycles. The number of methoxy groups -OCH3 is 1. The topological polar surface area (TPSA) is 81.7 Å². The number of aryl methyl sites for hydroxylation is 1. The van der Waals surface area contributed by atoms with Crippen molar-refractivity contribution in [3.05, 3.63) is 95.1 Å². The maximum absolute atomic E-state index is 12.5. The molecular formula is C25H23NO5. The van der Waals surface area contributed by atoms with Crippen molar-refractivity contribution < 1.29 is 23.9 Å². The van der Waals surface area contributed by atoms with Crippen molar-refractivity contribution >= 4 is 23.3 Å². The Bertz CT molecular complexity index is 1090. The highest BCUT2D eigenvalue weighted by atomic mass is 16.5. The van der Waals surface area contributed by atoms with Crippen molar-refractivity contribution in [3.63, 3.8) is 0 Å². The van der Waals surface area contributed by atoms with Gasteiger partial charge in [0.05, 0.1) is 18.4 Å². The second kappa shape index (κ2) is 9.71. The van der Waals surface area contributed by atoms with Crippen LogP contribution >= 0.6 is 0 Å². The monoisotopic (exact) mass is 417 g/mol. The summed E-state index contributed by atoms with van der Waals surface area (Å²) in [6.07, 6.45) is -1.02. The maximum Gasteiger partial charge on any atom is 0.338 e. The van der Waals surface area contributed by atoms with Crippen LogP contribution in [0.15, 0.2) is 72.8 Å². The Morgan fingerprint density at radius 1 is 0.839 bits per heavy atom. The lowest BCUT2D eigenvalue weighted by Gasteiger charge is -2.15. The highest BCUT2D eigenvalue weighted by Gasteiger charge is 2.20. The molecule has 0 bridgehead atoms. The van der Waals surface area contributed by atoms with E-state index in [0.717, 1.165) is 5.56 Å². The molecular weight excluding hydrogens is 394 g/mol. The molecule has 1 atom stereocenters. The highest BCUT2D eigenvalue weighted by molar-refractivity contribution is 6.09. The van der Waals surface area contributed by atoms with Gasteiger partial charge in [-0.15, -0.1) is 0 Å². The lowest BCUT2D eigenvalue weighted by Crippen LogP contribution is -2.30.